The van der Waals surface area contributed by atoms with Crippen LogP contribution < -0.4 is 24.8 Å². The molecular weight excluding hydrogens is 376 g/mol. The Hall–Kier alpha value is -2.84. The maximum absolute atomic E-state index is 12.0. The van der Waals surface area contributed by atoms with Gasteiger partial charge in [-0.1, -0.05) is 0 Å². The summed E-state index contributed by atoms with van der Waals surface area (Å²) in [5.41, 5.74) is 0.406. The molecule has 0 radical (unpaired) electrons. The van der Waals surface area contributed by atoms with Gasteiger partial charge >= 0.3 is 6.09 Å². The molecule has 2 rings (SSSR count). The van der Waals surface area contributed by atoms with E-state index in [9.17, 15) is 4.79 Å². The van der Waals surface area contributed by atoms with Crippen LogP contribution in [0, 0.1) is 0 Å². The van der Waals surface area contributed by atoms with Crippen molar-refractivity contribution in [2.24, 2.45) is 4.99 Å². The summed E-state index contributed by atoms with van der Waals surface area (Å²) in [6, 6.07) is 3.86. The van der Waals surface area contributed by atoms with Crippen LogP contribution in [0.5, 0.6) is 17.2 Å². The molecule has 1 fully saturated rings. The van der Waals surface area contributed by atoms with Crippen molar-refractivity contribution in [1.29, 1.82) is 0 Å². The van der Waals surface area contributed by atoms with Crippen molar-refractivity contribution in [1.82, 2.24) is 15.5 Å². The van der Waals surface area contributed by atoms with Gasteiger partial charge in [0, 0.05) is 32.2 Å². The van der Waals surface area contributed by atoms with Gasteiger partial charge < -0.3 is 34.5 Å². The quantitative estimate of drug-likeness (QED) is 0.549. The Kier molecular flexibility index (Phi) is 7.41. The second kappa shape index (κ2) is 9.58. The highest BCUT2D eigenvalue weighted by molar-refractivity contribution is 5.80. The molecule has 1 heterocycles. The summed E-state index contributed by atoms with van der Waals surface area (Å²) in [6.07, 6.45) is -0.298. The molecule has 2 N–H and O–H groups in total. The van der Waals surface area contributed by atoms with Crippen LogP contribution in [-0.4, -0.2) is 70.1 Å². The standard InChI is InChI=1S/C20H32N4O5/c1-20(2,3)29-19(25)24-11-14(12-24)23-18(21-4)22-10-13-8-9-15(26-5)17(28-7)16(13)27-6/h8-9,14H,10-12H2,1-7H3,(H2,21,22,23). The smallest absolute Gasteiger partial charge is 0.410 e. The summed E-state index contributed by atoms with van der Waals surface area (Å²) < 4.78 is 21.6. The summed E-state index contributed by atoms with van der Waals surface area (Å²) in [7, 11) is 6.45. The maximum atomic E-state index is 12.0. The zero-order valence-corrected chi connectivity index (χ0v) is 18.3. The minimum Gasteiger partial charge on any atom is -0.493 e. The van der Waals surface area contributed by atoms with E-state index in [4.69, 9.17) is 18.9 Å². The Bertz CT molecular complexity index is 739. The third-order valence-electron chi connectivity index (χ3n) is 4.33. The summed E-state index contributed by atoms with van der Waals surface area (Å²) >= 11 is 0. The first-order valence-corrected chi connectivity index (χ1v) is 9.45. The van der Waals surface area contributed by atoms with Gasteiger partial charge in [0.2, 0.25) is 5.75 Å². The van der Waals surface area contributed by atoms with Gasteiger partial charge in [0.1, 0.15) is 5.60 Å². The van der Waals surface area contributed by atoms with Gasteiger partial charge in [0.05, 0.1) is 27.4 Å². The first kappa shape index (κ1) is 22.4. The highest BCUT2D eigenvalue weighted by atomic mass is 16.6. The van der Waals surface area contributed by atoms with E-state index in [0.29, 0.717) is 42.8 Å². The Morgan fingerprint density at radius 2 is 1.79 bits per heavy atom. The molecule has 1 aliphatic rings. The maximum Gasteiger partial charge on any atom is 0.410 e. The molecule has 9 nitrogen and oxygen atoms in total. The lowest BCUT2D eigenvalue weighted by Gasteiger charge is -2.40. The van der Waals surface area contributed by atoms with Crippen LogP contribution in [0.3, 0.4) is 0 Å². The number of aliphatic imine (C=N–C) groups is 1. The molecule has 1 aromatic rings. The zero-order chi connectivity index (χ0) is 21.6. The molecule has 0 unspecified atom stereocenters. The number of rotatable bonds is 6. The van der Waals surface area contributed by atoms with Crippen molar-refractivity contribution in [2.45, 2.75) is 39.0 Å². The van der Waals surface area contributed by atoms with Crippen LogP contribution in [0.15, 0.2) is 17.1 Å². The second-order valence-corrected chi connectivity index (χ2v) is 7.65. The third-order valence-corrected chi connectivity index (χ3v) is 4.33. The Balaban J connectivity index is 1.90. The highest BCUT2D eigenvalue weighted by Gasteiger charge is 2.34. The minimum absolute atomic E-state index is 0.112. The topological polar surface area (TPSA) is 93.7 Å². The van der Waals surface area contributed by atoms with E-state index in [1.165, 1.54) is 0 Å². The molecule has 0 aromatic heterocycles. The van der Waals surface area contributed by atoms with Crippen molar-refractivity contribution in [2.75, 3.05) is 41.5 Å². The molecule has 0 bridgehead atoms. The van der Waals surface area contributed by atoms with Gasteiger partial charge in [0.25, 0.3) is 0 Å². The molecule has 0 aliphatic carbocycles. The van der Waals surface area contributed by atoms with E-state index in [1.807, 2.05) is 32.9 Å². The van der Waals surface area contributed by atoms with Crippen LogP contribution in [0.2, 0.25) is 0 Å². The van der Waals surface area contributed by atoms with E-state index >= 15 is 0 Å². The molecular formula is C20H32N4O5. The molecule has 162 valence electrons. The van der Waals surface area contributed by atoms with E-state index in [1.54, 1.807) is 33.3 Å². The van der Waals surface area contributed by atoms with E-state index in [-0.39, 0.29) is 12.1 Å². The molecule has 29 heavy (non-hydrogen) atoms. The predicted molar refractivity (Wildman–Crippen MR) is 111 cm³/mol. The summed E-state index contributed by atoms with van der Waals surface area (Å²) in [4.78, 5) is 17.9. The molecule has 1 saturated heterocycles. The van der Waals surface area contributed by atoms with Gasteiger partial charge in [-0.05, 0) is 32.9 Å². The van der Waals surface area contributed by atoms with Crippen LogP contribution in [0.4, 0.5) is 4.79 Å². The largest absolute Gasteiger partial charge is 0.493 e. The third kappa shape index (κ3) is 5.82. The van der Waals surface area contributed by atoms with Crippen LogP contribution >= 0.6 is 0 Å². The van der Waals surface area contributed by atoms with Crippen molar-refractivity contribution < 1.29 is 23.7 Å². The Labute approximate surface area is 172 Å². The molecule has 1 aliphatic heterocycles. The van der Waals surface area contributed by atoms with Crippen molar-refractivity contribution in [3.63, 3.8) is 0 Å². The lowest BCUT2D eigenvalue weighted by atomic mass is 10.1. The van der Waals surface area contributed by atoms with Gasteiger partial charge in [-0.15, -0.1) is 0 Å². The highest BCUT2D eigenvalue weighted by Crippen LogP contribution is 2.39. The van der Waals surface area contributed by atoms with E-state index in [2.05, 4.69) is 15.6 Å². The first-order valence-electron chi connectivity index (χ1n) is 9.45. The average Bonchev–Trinajstić information content (AvgIpc) is 2.63. The fraction of sp³-hybridized carbons (Fsp3) is 0.600. The molecule has 0 atom stereocenters. The second-order valence-electron chi connectivity index (χ2n) is 7.65. The van der Waals surface area contributed by atoms with Crippen LogP contribution in [0.25, 0.3) is 0 Å². The van der Waals surface area contributed by atoms with E-state index in [0.717, 1.165) is 5.56 Å². The number of amides is 1. The van der Waals surface area contributed by atoms with Crippen LogP contribution in [-0.2, 0) is 11.3 Å². The Morgan fingerprint density at radius 1 is 1.14 bits per heavy atom. The molecule has 0 spiro atoms. The van der Waals surface area contributed by atoms with Crippen molar-refractivity contribution in [3.8, 4) is 17.2 Å². The summed E-state index contributed by atoms with van der Waals surface area (Å²) in [6.45, 7) is 7.17. The number of guanidine groups is 1. The number of carbonyl (C=O) groups excluding carboxylic acids is 1. The molecule has 1 aromatic carbocycles. The van der Waals surface area contributed by atoms with Crippen molar-refractivity contribution in [3.05, 3.63) is 17.7 Å². The lowest BCUT2D eigenvalue weighted by molar-refractivity contribution is 0.00701. The van der Waals surface area contributed by atoms with E-state index < -0.39 is 5.60 Å². The molecule has 0 saturated carbocycles. The number of nitrogens with zero attached hydrogens (tertiary/aromatic N) is 2. The SMILES string of the molecule is CN=C(NCc1ccc(OC)c(OC)c1OC)NC1CN(C(=O)OC(C)(C)C)C1. The molecule has 9 heteroatoms. The average molecular weight is 408 g/mol. The monoisotopic (exact) mass is 408 g/mol. The minimum atomic E-state index is -0.494. The number of nitrogens with one attached hydrogen (secondary N) is 2. The predicted octanol–water partition coefficient (Wildman–Crippen LogP) is 2.00. The van der Waals surface area contributed by atoms with Crippen molar-refractivity contribution >= 4 is 12.1 Å². The van der Waals surface area contributed by atoms with Gasteiger partial charge in [0.15, 0.2) is 17.5 Å². The Morgan fingerprint density at radius 3 is 2.31 bits per heavy atom. The van der Waals surface area contributed by atoms with Gasteiger partial charge in [-0.25, -0.2) is 4.79 Å². The number of benzene rings is 1. The summed E-state index contributed by atoms with van der Waals surface area (Å²) in [5, 5.41) is 6.56. The van der Waals surface area contributed by atoms with Gasteiger partial charge in [-0.2, -0.15) is 0 Å². The zero-order valence-electron chi connectivity index (χ0n) is 18.3. The fourth-order valence-corrected chi connectivity index (χ4v) is 2.91. The van der Waals surface area contributed by atoms with Crippen LogP contribution in [0.1, 0.15) is 26.3 Å². The number of carbonyl (C=O) groups is 1. The fourth-order valence-electron chi connectivity index (χ4n) is 2.91. The lowest BCUT2D eigenvalue weighted by Crippen LogP contribution is -2.63. The normalized spacial score (nSPS) is 14.7. The number of methoxy groups -OCH3 is 3. The molecule has 1 amide bonds. The number of hydrogen-bond acceptors (Lipinski definition) is 6. The number of hydrogen-bond donors (Lipinski definition) is 2. The van der Waals surface area contributed by atoms with Gasteiger partial charge in [-0.3, -0.25) is 4.99 Å². The number of ether oxygens (including phenoxy) is 4. The first-order chi connectivity index (χ1) is 13.7. The summed E-state index contributed by atoms with van der Waals surface area (Å²) in [5.74, 6) is 2.39. The number of likely N-dealkylation sites (tertiary alicyclic amines) is 1.